The fraction of sp³-hybridized carbons (Fsp3) is 0.278. The van der Waals surface area contributed by atoms with Gasteiger partial charge < -0.3 is 15.1 Å². The summed E-state index contributed by atoms with van der Waals surface area (Å²) in [6.07, 6.45) is 0. The van der Waals surface area contributed by atoms with Gasteiger partial charge in [0.15, 0.2) is 0 Å². The van der Waals surface area contributed by atoms with Crippen LogP contribution < -0.4 is 10.2 Å². The molecular formula is C18H21N3O. The summed E-state index contributed by atoms with van der Waals surface area (Å²) in [5, 5.41) is 2.94. The quantitative estimate of drug-likeness (QED) is 0.922. The van der Waals surface area contributed by atoms with Gasteiger partial charge in [-0.05, 0) is 36.8 Å². The summed E-state index contributed by atoms with van der Waals surface area (Å²) in [6.45, 7) is 5.32. The minimum atomic E-state index is -0.0184. The van der Waals surface area contributed by atoms with Gasteiger partial charge in [0.1, 0.15) is 0 Å². The Hall–Kier alpha value is -2.49. The Morgan fingerprint density at radius 3 is 2.36 bits per heavy atom. The fourth-order valence-electron chi connectivity index (χ4n) is 2.72. The molecule has 0 spiro atoms. The molecule has 1 fully saturated rings. The third-order valence-corrected chi connectivity index (χ3v) is 3.96. The molecule has 3 rings (SSSR count). The molecule has 22 heavy (non-hydrogen) atoms. The lowest BCUT2D eigenvalue weighted by Gasteiger charge is -2.36. The standard InChI is InChI=1S/C18H21N3O/c1-15-6-5-9-17(14-15)20-10-12-21(13-11-20)18(22)19-16-7-3-2-4-8-16/h2-9,14H,10-13H2,1H3,(H,19,22). The molecule has 1 aliphatic rings. The number of carbonyl (C=O) groups is 1. The monoisotopic (exact) mass is 295 g/mol. The molecule has 1 aliphatic heterocycles. The van der Waals surface area contributed by atoms with Gasteiger partial charge in [-0.3, -0.25) is 0 Å². The first-order valence-electron chi connectivity index (χ1n) is 7.65. The van der Waals surface area contributed by atoms with Crippen molar-refractivity contribution >= 4 is 17.4 Å². The van der Waals surface area contributed by atoms with Crippen LogP contribution >= 0.6 is 0 Å². The summed E-state index contributed by atoms with van der Waals surface area (Å²) in [7, 11) is 0. The van der Waals surface area contributed by atoms with Crippen molar-refractivity contribution in [3.05, 3.63) is 60.2 Å². The van der Waals surface area contributed by atoms with E-state index < -0.39 is 0 Å². The molecule has 0 radical (unpaired) electrons. The molecule has 114 valence electrons. The summed E-state index contributed by atoms with van der Waals surface area (Å²) >= 11 is 0. The second kappa shape index (κ2) is 6.52. The van der Waals surface area contributed by atoms with Crippen molar-refractivity contribution in [1.29, 1.82) is 0 Å². The van der Waals surface area contributed by atoms with E-state index >= 15 is 0 Å². The lowest BCUT2D eigenvalue weighted by molar-refractivity contribution is 0.208. The molecule has 4 nitrogen and oxygen atoms in total. The van der Waals surface area contributed by atoms with E-state index in [1.165, 1.54) is 11.3 Å². The Morgan fingerprint density at radius 1 is 0.955 bits per heavy atom. The highest BCUT2D eigenvalue weighted by Crippen LogP contribution is 2.18. The normalized spacial score (nSPS) is 14.8. The lowest BCUT2D eigenvalue weighted by Crippen LogP contribution is -2.50. The van der Waals surface area contributed by atoms with E-state index in [0.29, 0.717) is 0 Å². The zero-order valence-electron chi connectivity index (χ0n) is 12.8. The van der Waals surface area contributed by atoms with E-state index in [1.54, 1.807) is 0 Å². The predicted octanol–water partition coefficient (Wildman–Crippen LogP) is 3.35. The van der Waals surface area contributed by atoms with Crippen molar-refractivity contribution in [2.75, 3.05) is 36.4 Å². The van der Waals surface area contributed by atoms with Crippen LogP contribution in [0.1, 0.15) is 5.56 Å². The Kier molecular flexibility index (Phi) is 4.28. The van der Waals surface area contributed by atoms with E-state index in [4.69, 9.17) is 0 Å². The molecule has 0 aliphatic carbocycles. The summed E-state index contributed by atoms with van der Waals surface area (Å²) in [4.78, 5) is 16.5. The third kappa shape index (κ3) is 3.39. The number of carbonyl (C=O) groups excluding carboxylic acids is 1. The predicted molar refractivity (Wildman–Crippen MR) is 90.4 cm³/mol. The molecule has 2 aromatic carbocycles. The first kappa shape index (κ1) is 14.4. The van der Waals surface area contributed by atoms with Crippen LogP contribution in [0.5, 0.6) is 0 Å². The number of nitrogens with zero attached hydrogens (tertiary/aromatic N) is 2. The second-order valence-corrected chi connectivity index (χ2v) is 5.61. The van der Waals surface area contributed by atoms with Crippen LogP contribution in [0.4, 0.5) is 16.2 Å². The van der Waals surface area contributed by atoms with Crippen molar-refractivity contribution in [2.45, 2.75) is 6.92 Å². The Bertz CT molecular complexity index is 634. The second-order valence-electron chi connectivity index (χ2n) is 5.61. The molecule has 1 N–H and O–H groups in total. The molecule has 2 amide bonds. The van der Waals surface area contributed by atoms with E-state index in [-0.39, 0.29) is 6.03 Å². The van der Waals surface area contributed by atoms with Crippen LogP contribution in [-0.4, -0.2) is 37.1 Å². The highest BCUT2D eigenvalue weighted by Gasteiger charge is 2.21. The van der Waals surface area contributed by atoms with Crippen molar-refractivity contribution in [1.82, 2.24) is 4.90 Å². The van der Waals surface area contributed by atoms with E-state index in [0.717, 1.165) is 31.9 Å². The van der Waals surface area contributed by atoms with Crippen molar-refractivity contribution in [3.8, 4) is 0 Å². The van der Waals surface area contributed by atoms with Crippen molar-refractivity contribution in [2.24, 2.45) is 0 Å². The van der Waals surface area contributed by atoms with Gasteiger partial charge in [-0.1, -0.05) is 30.3 Å². The Morgan fingerprint density at radius 2 is 1.68 bits per heavy atom. The number of hydrogen-bond acceptors (Lipinski definition) is 2. The smallest absolute Gasteiger partial charge is 0.321 e. The number of anilines is 2. The van der Waals surface area contributed by atoms with Gasteiger partial charge in [-0.15, -0.1) is 0 Å². The van der Waals surface area contributed by atoms with Crippen LogP contribution in [-0.2, 0) is 0 Å². The SMILES string of the molecule is Cc1cccc(N2CCN(C(=O)Nc3ccccc3)CC2)c1. The molecule has 0 saturated carbocycles. The Balaban J connectivity index is 1.56. The number of amides is 2. The first-order valence-corrected chi connectivity index (χ1v) is 7.65. The molecule has 1 saturated heterocycles. The summed E-state index contributed by atoms with van der Waals surface area (Å²) in [6, 6.07) is 18.1. The number of nitrogens with one attached hydrogen (secondary N) is 1. The zero-order valence-corrected chi connectivity index (χ0v) is 12.8. The van der Waals surface area contributed by atoms with Gasteiger partial charge >= 0.3 is 6.03 Å². The highest BCUT2D eigenvalue weighted by molar-refractivity contribution is 5.89. The summed E-state index contributed by atoms with van der Waals surface area (Å²) in [5.41, 5.74) is 3.35. The minimum absolute atomic E-state index is 0.0184. The van der Waals surface area contributed by atoms with Gasteiger partial charge in [-0.25, -0.2) is 4.79 Å². The number of para-hydroxylation sites is 1. The van der Waals surface area contributed by atoms with E-state index in [1.807, 2.05) is 35.2 Å². The number of urea groups is 1. The number of piperazine rings is 1. The largest absolute Gasteiger partial charge is 0.368 e. The number of hydrogen-bond donors (Lipinski definition) is 1. The Labute approximate surface area is 131 Å². The molecule has 1 heterocycles. The number of rotatable bonds is 2. The average Bonchev–Trinajstić information content (AvgIpc) is 2.56. The fourth-order valence-corrected chi connectivity index (χ4v) is 2.72. The van der Waals surface area contributed by atoms with Crippen LogP contribution in [0, 0.1) is 6.92 Å². The first-order chi connectivity index (χ1) is 10.7. The maximum atomic E-state index is 12.3. The molecular weight excluding hydrogens is 274 g/mol. The maximum Gasteiger partial charge on any atom is 0.321 e. The molecule has 4 heteroatoms. The highest BCUT2D eigenvalue weighted by atomic mass is 16.2. The molecule has 0 atom stereocenters. The van der Waals surface area contributed by atoms with Crippen LogP contribution in [0.25, 0.3) is 0 Å². The summed E-state index contributed by atoms with van der Waals surface area (Å²) < 4.78 is 0. The zero-order chi connectivity index (χ0) is 15.4. The van der Waals surface area contributed by atoms with Gasteiger partial charge in [0.2, 0.25) is 0 Å². The number of aryl methyl sites for hydroxylation is 1. The molecule has 2 aromatic rings. The van der Waals surface area contributed by atoms with Gasteiger partial charge in [-0.2, -0.15) is 0 Å². The molecule has 0 unspecified atom stereocenters. The average molecular weight is 295 g/mol. The van der Waals surface area contributed by atoms with Crippen LogP contribution in [0.3, 0.4) is 0 Å². The van der Waals surface area contributed by atoms with Crippen LogP contribution in [0.15, 0.2) is 54.6 Å². The topological polar surface area (TPSA) is 35.6 Å². The van der Waals surface area contributed by atoms with E-state index in [9.17, 15) is 4.79 Å². The minimum Gasteiger partial charge on any atom is -0.368 e. The maximum absolute atomic E-state index is 12.3. The van der Waals surface area contributed by atoms with Gasteiger partial charge in [0.05, 0.1) is 0 Å². The number of benzene rings is 2. The van der Waals surface area contributed by atoms with E-state index in [2.05, 4.69) is 41.4 Å². The molecule has 0 aromatic heterocycles. The third-order valence-electron chi connectivity index (χ3n) is 3.96. The lowest BCUT2D eigenvalue weighted by atomic mass is 10.2. The van der Waals surface area contributed by atoms with Crippen molar-refractivity contribution < 1.29 is 4.79 Å². The van der Waals surface area contributed by atoms with Gasteiger partial charge in [0, 0.05) is 37.6 Å². The summed E-state index contributed by atoms with van der Waals surface area (Å²) in [5.74, 6) is 0. The van der Waals surface area contributed by atoms with Gasteiger partial charge in [0.25, 0.3) is 0 Å². The van der Waals surface area contributed by atoms with Crippen molar-refractivity contribution in [3.63, 3.8) is 0 Å². The molecule has 0 bridgehead atoms. The van der Waals surface area contributed by atoms with Crippen LogP contribution in [0.2, 0.25) is 0 Å².